The molecule has 0 aromatic heterocycles. The number of hydrogen-bond donors (Lipinski definition) is 2. The zero-order chi connectivity index (χ0) is 12.5. The monoisotopic (exact) mass is 254 g/mol. The molecule has 0 aromatic carbocycles. The maximum Gasteiger partial charge on any atom is 0.0575 e. The molecule has 1 aliphatic carbocycles. The first-order chi connectivity index (χ1) is 8.95. The lowest BCUT2D eigenvalue weighted by Gasteiger charge is -2.23. The summed E-state index contributed by atoms with van der Waals surface area (Å²) in [4.78, 5) is 0. The topological polar surface area (TPSA) is 33.3 Å². The molecule has 2 aliphatic rings. The number of ether oxygens (including phenoxy) is 1. The number of rotatable bonds is 7. The molecule has 1 saturated carbocycles. The number of piperidine rings is 1. The Balaban J connectivity index is 1.39. The average Bonchev–Trinajstić information content (AvgIpc) is 2.45. The largest absolute Gasteiger partial charge is 0.378 e. The third kappa shape index (κ3) is 5.68. The van der Waals surface area contributed by atoms with E-state index in [9.17, 15) is 0 Å². The fourth-order valence-electron chi connectivity index (χ4n) is 3.07. The Hall–Kier alpha value is -0.120. The van der Waals surface area contributed by atoms with Gasteiger partial charge in [0.2, 0.25) is 0 Å². The maximum absolute atomic E-state index is 5.92. The van der Waals surface area contributed by atoms with E-state index in [4.69, 9.17) is 4.74 Å². The van der Waals surface area contributed by atoms with E-state index in [1.165, 1.54) is 71.0 Å². The predicted molar refractivity (Wildman–Crippen MR) is 75.9 cm³/mol. The van der Waals surface area contributed by atoms with Gasteiger partial charge in [-0.2, -0.15) is 0 Å². The molecule has 0 atom stereocenters. The van der Waals surface area contributed by atoms with Gasteiger partial charge in [0.1, 0.15) is 0 Å². The van der Waals surface area contributed by atoms with Crippen LogP contribution in [-0.2, 0) is 4.74 Å². The lowest BCUT2D eigenvalue weighted by Crippen LogP contribution is -2.34. The van der Waals surface area contributed by atoms with Gasteiger partial charge in [-0.05, 0) is 64.2 Å². The molecule has 0 aromatic rings. The number of hydrogen-bond acceptors (Lipinski definition) is 3. The van der Waals surface area contributed by atoms with Crippen LogP contribution in [0.15, 0.2) is 0 Å². The molecule has 0 spiro atoms. The van der Waals surface area contributed by atoms with E-state index in [1.54, 1.807) is 0 Å². The van der Waals surface area contributed by atoms with Crippen molar-refractivity contribution < 1.29 is 4.74 Å². The molecule has 2 rings (SSSR count). The van der Waals surface area contributed by atoms with Crippen LogP contribution in [0.25, 0.3) is 0 Å². The van der Waals surface area contributed by atoms with Gasteiger partial charge in [-0.1, -0.05) is 19.3 Å². The summed E-state index contributed by atoms with van der Waals surface area (Å²) in [7, 11) is 0. The van der Waals surface area contributed by atoms with Gasteiger partial charge in [-0.15, -0.1) is 0 Å². The van der Waals surface area contributed by atoms with Crippen LogP contribution < -0.4 is 10.6 Å². The van der Waals surface area contributed by atoms with Crippen molar-refractivity contribution >= 4 is 0 Å². The summed E-state index contributed by atoms with van der Waals surface area (Å²) in [6.07, 6.45) is 11.2. The normalized spacial score (nSPS) is 23.3. The Morgan fingerprint density at radius 1 is 1.00 bits per heavy atom. The fraction of sp³-hybridized carbons (Fsp3) is 1.00. The van der Waals surface area contributed by atoms with Gasteiger partial charge in [-0.3, -0.25) is 0 Å². The molecule has 2 fully saturated rings. The van der Waals surface area contributed by atoms with Crippen molar-refractivity contribution in [2.75, 3.05) is 32.8 Å². The highest BCUT2D eigenvalue weighted by atomic mass is 16.5. The van der Waals surface area contributed by atoms with E-state index < -0.39 is 0 Å². The van der Waals surface area contributed by atoms with E-state index in [0.717, 1.165) is 19.1 Å². The molecule has 106 valence electrons. The molecular weight excluding hydrogens is 224 g/mol. The molecule has 0 amide bonds. The van der Waals surface area contributed by atoms with Crippen molar-refractivity contribution in [2.24, 2.45) is 5.92 Å². The molecule has 3 nitrogen and oxygen atoms in total. The van der Waals surface area contributed by atoms with Crippen molar-refractivity contribution in [2.45, 2.75) is 57.5 Å². The fourth-order valence-corrected chi connectivity index (χ4v) is 3.07. The Bertz CT molecular complexity index is 177. The molecule has 0 radical (unpaired) electrons. The standard InChI is InChI=1S/C15H30N2O/c1-2-5-15(6-3-1)18-12-4-9-17-13-14-7-10-16-11-8-14/h14-17H,1-13H2. The molecule has 3 heteroatoms. The van der Waals surface area contributed by atoms with Crippen molar-refractivity contribution in [1.29, 1.82) is 0 Å². The molecule has 1 aliphatic heterocycles. The third-order valence-corrected chi connectivity index (χ3v) is 4.30. The van der Waals surface area contributed by atoms with Gasteiger partial charge in [0, 0.05) is 6.61 Å². The van der Waals surface area contributed by atoms with Gasteiger partial charge < -0.3 is 15.4 Å². The molecular formula is C15H30N2O. The first kappa shape index (κ1) is 14.3. The molecule has 1 heterocycles. The molecule has 1 saturated heterocycles. The Kier molecular flexibility index (Phi) is 7.06. The van der Waals surface area contributed by atoms with Crippen LogP contribution in [0.1, 0.15) is 51.4 Å². The highest BCUT2D eigenvalue weighted by Crippen LogP contribution is 2.20. The summed E-state index contributed by atoms with van der Waals surface area (Å²) >= 11 is 0. The predicted octanol–water partition coefficient (Wildman–Crippen LogP) is 2.32. The first-order valence-electron chi connectivity index (χ1n) is 7.98. The summed E-state index contributed by atoms with van der Waals surface area (Å²) in [6.45, 7) is 5.68. The van der Waals surface area contributed by atoms with Gasteiger partial charge >= 0.3 is 0 Å². The second-order valence-electron chi connectivity index (χ2n) is 5.88. The first-order valence-corrected chi connectivity index (χ1v) is 7.98. The number of nitrogens with one attached hydrogen (secondary N) is 2. The second-order valence-corrected chi connectivity index (χ2v) is 5.88. The van der Waals surface area contributed by atoms with Crippen molar-refractivity contribution in [3.63, 3.8) is 0 Å². The molecule has 18 heavy (non-hydrogen) atoms. The van der Waals surface area contributed by atoms with Gasteiger partial charge in [0.25, 0.3) is 0 Å². The Morgan fingerprint density at radius 3 is 2.56 bits per heavy atom. The maximum atomic E-state index is 5.92. The molecule has 0 unspecified atom stereocenters. The van der Waals surface area contributed by atoms with Crippen LogP contribution in [0.4, 0.5) is 0 Å². The van der Waals surface area contributed by atoms with Crippen LogP contribution in [0.2, 0.25) is 0 Å². The zero-order valence-electron chi connectivity index (χ0n) is 11.8. The van der Waals surface area contributed by atoms with Crippen LogP contribution in [0.3, 0.4) is 0 Å². The Labute approximate surface area is 112 Å². The third-order valence-electron chi connectivity index (χ3n) is 4.30. The van der Waals surface area contributed by atoms with Crippen LogP contribution >= 0.6 is 0 Å². The quantitative estimate of drug-likeness (QED) is 0.684. The summed E-state index contributed by atoms with van der Waals surface area (Å²) in [5.74, 6) is 0.894. The zero-order valence-corrected chi connectivity index (χ0v) is 11.8. The minimum Gasteiger partial charge on any atom is -0.378 e. The van der Waals surface area contributed by atoms with E-state index in [-0.39, 0.29) is 0 Å². The summed E-state index contributed by atoms with van der Waals surface area (Å²) in [5, 5.41) is 7.00. The van der Waals surface area contributed by atoms with Gasteiger partial charge in [0.15, 0.2) is 0 Å². The van der Waals surface area contributed by atoms with Crippen molar-refractivity contribution in [3.05, 3.63) is 0 Å². The SMILES string of the molecule is C1CCC(OCCCNCC2CCNCC2)CC1. The lowest BCUT2D eigenvalue weighted by molar-refractivity contribution is 0.0272. The summed E-state index contributed by atoms with van der Waals surface area (Å²) in [6, 6.07) is 0. The molecule has 0 bridgehead atoms. The van der Waals surface area contributed by atoms with Gasteiger partial charge in [-0.25, -0.2) is 0 Å². The minimum atomic E-state index is 0.572. The average molecular weight is 254 g/mol. The Morgan fingerprint density at radius 2 is 1.78 bits per heavy atom. The smallest absolute Gasteiger partial charge is 0.0575 e. The summed E-state index contributed by atoms with van der Waals surface area (Å²) in [5.41, 5.74) is 0. The minimum absolute atomic E-state index is 0.572. The van der Waals surface area contributed by atoms with E-state index in [2.05, 4.69) is 10.6 Å². The van der Waals surface area contributed by atoms with Gasteiger partial charge in [0.05, 0.1) is 6.10 Å². The molecule has 2 N–H and O–H groups in total. The van der Waals surface area contributed by atoms with Crippen molar-refractivity contribution in [1.82, 2.24) is 10.6 Å². The van der Waals surface area contributed by atoms with E-state index >= 15 is 0 Å². The van der Waals surface area contributed by atoms with Crippen molar-refractivity contribution in [3.8, 4) is 0 Å². The highest BCUT2D eigenvalue weighted by Gasteiger charge is 2.13. The van der Waals surface area contributed by atoms with Crippen LogP contribution in [0, 0.1) is 5.92 Å². The lowest BCUT2D eigenvalue weighted by atomic mass is 9.98. The van der Waals surface area contributed by atoms with E-state index in [1.807, 2.05) is 0 Å². The highest BCUT2D eigenvalue weighted by molar-refractivity contribution is 4.70. The second kappa shape index (κ2) is 8.89. The van der Waals surface area contributed by atoms with E-state index in [0.29, 0.717) is 6.10 Å². The summed E-state index contributed by atoms with van der Waals surface area (Å²) < 4.78 is 5.92. The van der Waals surface area contributed by atoms with Crippen LogP contribution in [0.5, 0.6) is 0 Å². The van der Waals surface area contributed by atoms with Crippen LogP contribution in [-0.4, -0.2) is 38.9 Å².